The smallest absolute Gasteiger partial charge is 0.307 e. The number of anilines is 2. The lowest BCUT2D eigenvalue weighted by atomic mass is 10.2. The lowest BCUT2D eigenvalue weighted by molar-refractivity contribution is 0.463. The lowest BCUT2D eigenvalue weighted by Crippen LogP contribution is -2.21. The van der Waals surface area contributed by atoms with Crippen LogP contribution >= 0.6 is 27.5 Å². The van der Waals surface area contributed by atoms with Crippen LogP contribution in [-0.4, -0.2) is 19.7 Å². The third-order valence-electron chi connectivity index (χ3n) is 4.05. The maximum atomic E-state index is 12.0. The van der Waals surface area contributed by atoms with Gasteiger partial charge < -0.3 is 10.1 Å². The van der Waals surface area contributed by atoms with Crippen molar-refractivity contribution >= 4 is 39.2 Å². The van der Waals surface area contributed by atoms with Gasteiger partial charge in [0, 0.05) is 23.0 Å². The van der Waals surface area contributed by atoms with E-state index in [4.69, 9.17) is 16.3 Å². The maximum absolute atomic E-state index is 12.0. The second kappa shape index (κ2) is 9.06. The first kappa shape index (κ1) is 20.1. The first-order valence-corrected chi connectivity index (χ1v) is 10.1. The standard InChI is InChI=1S/C21H15BrClN5O2/c22-19-20(29)26-21(28(27-19)13-14-4-6-15(23)7-5-14)25-16-8-10-17(11-9-16)30-18-3-1-2-12-24-18/h1-12H,13H2,(H,25,26,29). The molecule has 2 aromatic heterocycles. The number of hydrogen-bond acceptors (Lipinski definition) is 6. The number of nitrogens with zero attached hydrogens (tertiary/aromatic N) is 4. The second-order valence-electron chi connectivity index (χ2n) is 6.23. The first-order valence-electron chi connectivity index (χ1n) is 8.92. The molecule has 2 aromatic carbocycles. The zero-order valence-electron chi connectivity index (χ0n) is 15.5. The largest absolute Gasteiger partial charge is 0.439 e. The van der Waals surface area contributed by atoms with Crippen LogP contribution in [0.2, 0.25) is 5.02 Å². The van der Waals surface area contributed by atoms with Gasteiger partial charge in [-0.3, -0.25) is 4.79 Å². The molecule has 9 heteroatoms. The van der Waals surface area contributed by atoms with Gasteiger partial charge in [-0.15, -0.1) is 0 Å². The van der Waals surface area contributed by atoms with Crippen molar-refractivity contribution in [3.8, 4) is 11.6 Å². The van der Waals surface area contributed by atoms with E-state index >= 15 is 0 Å². The highest BCUT2D eigenvalue weighted by Gasteiger charge is 2.10. The number of ether oxygens (including phenoxy) is 1. The van der Waals surface area contributed by atoms with Gasteiger partial charge in [-0.25, -0.2) is 9.67 Å². The summed E-state index contributed by atoms with van der Waals surface area (Å²) in [6.45, 7) is 0.409. The van der Waals surface area contributed by atoms with Crippen molar-refractivity contribution < 1.29 is 4.74 Å². The Labute approximate surface area is 185 Å². The molecular formula is C21H15BrClN5O2. The molecule has 0 bridgehead atoms. The minimum Gasteiger partial charge on any atom is -0.439 e. The average Bonchev–Trinajstić information content (AvgIpc) is 2.75. The van der Waals surface area contributed by atoms with E-state index in [0.717, 1.165) is 11.3 Å². The molecule has 4 aromatic rings. The Hall–Kier alpha value is -3.23. The molecule has 4 rings (SSSR count). The molecule has 0 radical (unpaired) electrons. The monoisotopic (exact) mass is 483 g/mol. The quantitative estimate of drug-likeness (QED) is 0.413. The summed E-state index contributed by atoms with van der Waals surface area (Å²) in [7, 11) is 0. The van der Waals surface area contributed by atoms with E-state index in [1.807, 2.05) is 36.4 Å². The summed E-state index contributed by atoms with van der Waals surface area (Å²) in [6, 6.07) is 20.1. The minimum atomic E-state index is -0.458. The van der Waals surface area contributed by atoms with Crippen LogP contribution in [0.5, 0.6) is 11.6 Å². The second-order valence-corrected chi connectivity index (χ2v) is 7.42. The Balaban J connectivity index is 1.55. The SMILES string of the molecule is O=c1nc(Nc2ccc(Oc3ccccn3)cc2)n(Cc2ccc(Cl)cc2)nc1Br. The topological polar surface area (TPSA) is 81.9 Å². The van der Waals surface area contributed by atoms with Gasteiger partial charge in [-0.05, 0) is 64.0 Å². The van der Waals surface area contributed by atoms with Crippen molar-refractivity contribution in [1.82, 2.24) is 19.7 Å². The number of aromatic nitrogens is 4. The summed E-state index contributed by atoms with van der Waals surface area (Å²) in [5.41, 5.74) is 1.23. The summed E-state index contributed by atoms with van der Waals surface area (Å²) in [4.78, 5) is 20.2. The van der Waals surface area contributed by atoms with Crippen molar-refractivity contribution in [1.29, 1.82) is 0 Å². The van der Waals surface area contributed by atoms with E-state index in [2.05, 4.69) is 36.3 Å². The predicted molar refractivity (Wildman–Crippen MR) is 119 cm³/mol. The zero-order valence-corrected chi connectivity index (χ0v) is 17.8. The summed E-state index contributed by atoms with van der Waals surface area (Å²) < 4.78 is 7.44. The minimum absolute atomic E-state index is 0.140. The fourth-order valence-corrected chi connectivity index (χ4v) is 3.03. The van der Waals surface area contributed by atoms with Crippen LogP contribution in [0.25, 0.3) is 0 Å². The number of benzene rings is 2. The van der Waals surface area contributed by atoms with Crippen LogP contribution in [0.15, 0.2) is 82.3 Å². The van der Waals surface area contributed by atoms with E-state index in [1.165, 1.54) is 0 Å². The van der Waals surface area contributed by atoms with Gasteiger partial charge in [0.1, 0.15) is 5.75 Å². The Morgan fingerprint density at radius 3 is 2.50 bits per heavy atom. The molecule has 0 aliphatic carbocycles. The normalized spacial score (nSPS) is 10.6. The van der Waals surface area contributed by atoms with E-state index in [9.17, 15) is 4.79 Å². The molecule has 0 fully saturated rings. The number of nitrogens with one attached hydrogen (secondary N) is 1. The fourth-order valence-electron chi connectivity index (χ4n) is 2.63. The van der Waals surface area contributed by atoms with Crippen LogP contribution in [0, 0.1) is 0 Å². The van der Waals surface area contributed by atoms with Crippen molar-refractivity contribution in [2.24, 2.45) is 0 Å². The van der Waals surface area contributed by atoms with Crippen LogP contribution in [-0.2, 0) is 6.54 Å². The zero-order chi connectivity index (χ0) is 20.9. The Morgan fingerprint density at radius 1 is 1.03 bits per heavy atom. The first-order chi connectivity index (χ1) is 14.6. The third kappa shape index (κ3) is 5.03. The van der Waals surface area contributed by atoms with Crippen LogP contribution in [0.4, 0.5) is 11.6 Å². The van der Waals surface area contributed by atoms with Crippen LogP contribution in [0.3, 0.4) is 0 Å². The highest BCUT2D eigenvalue weighted by molar-refractivity contribution is 9.10. The number of hydrogen-bond donors (Lipinski definition) is 1. The number of rotatable bonds is 6. The molecular weight excluding hydrogens is 470 g/mol. The number of pyridine rings is 1. The van der Waals surface area contributed by atoms with Gasteiger partial charge >= 0.3 is 5.56 Å². The Bertz CT molecular complexity index is 1200. The number of halogens is 2. The van der Waals surface area contributed by atoms with E-state index < -0.39 is 5.56 Å². The molecule has 2 heterocycles. The van der Waals surface area contributed by atoms with E-state index in [-0.39, 0.29) is 4.60 Å². The third-order valence-corrected chi connectivity index (χ3v) is 4.80. The molecule has 0 amide bonds. The van der Waals surface area contributed by atoms with Crippen LogP contribution < -0.4 is 15.6 Å². The van der Waals surface area contributed by atoms with Crippen molar-refractivity contribution in [3.05, 3.63) is 98.5 Å². The Morgan fingerprint density at radius 2 is 1.80 bits per heavy atom. The molecule has 30 heavy (non-hydrogen) atoms. The summed E-state index contributed by atoms with van der Waals surface area (Å²) in [6.07, 6.45) is 1.66. The van der Waals surface area contributed by atoms with Gasteiger partial charge in [0.15, 0.2) is 4.60 Å². The maximum Gasteiger partial charge on any atom is 0.307 e. The van der Waals surface area contributed by atoms with E-state index in [1.54, 1.807) is 41.2 Å². The van der Waals surface area contributed by atoms with Crippen molar-refractivity contribution in [2.75, 3.05) is 5.32 Å². The molecule has 1 N–H and O–H groups in total. The van der Waals surface area contributed by atoms with Gasteiger partial charge in [0.2, 0.25) is 11.8 Å². The van der Waals surface area contributed by atoms with Crippen molar-refractivity contribution in [2.45, 2.75) is 6.54 Å². The molecule has 150 valence electrons. The molecule has 0 saturated heterocycles. The molecule has 7 nitrogen and oxygen atoms in total. The highest BCUT2D eigenvalue weighted by atomic mass is 79.9. The molecule has 0 atom stereocenters. The van der Waals surface area contributed by atoms with Gasteiger partial charge in [0.25, 0.3) is 0 Å². The van der Waals surface area contributed by atoms with Gasteiger partial charge in [-0.1, -0.05) is 29.8 Å². The van der Waals surface area contributed by atoms with Crippen molar-refractivity contribution in [3.63, 3.8) is 0 Å². The Kier molecular flexibility index (Phi) is 6.06. The van der Waals surface area contributed by atoms with Gasteiger partial charge in [-0.2, -0.15) is 10.1 Å². The highest BCUT2D eigenvalue weighted by Crippen LogP contribution is 2.23. The molecule has 0 saturated carbocycles. The molecule has 0 unspecified atom stereocenters. The molecule has 0 aliphatic heterocycles. The molecule has 0 spiro atoms. The average molecular weight is 485 g/mol. The lowest BCUT2D eigenvalue weighted by Gasteiger charge is -2.13. The predicted octanol–water partition coefficient (Wildman–Crippen LogP) is 5.03. The summed E-state index contributed by atoms with van der Waals surface area (Å²) in [5, 5.41) is 8.07. The summed E-state index contributed by atoms with van der Waals surface area (Å²) >= 11 is 9.11. The molecule has 0 aliphatic rings. The van der Waals surface area contributed by atoms with E-state index in [0.29, 0.717) is 29.1 Å². The van der Waals surface area contributed by atoms with Crippen LogP contribution in [0.1, 0.15) is 5.56 Å². The van der Waals surface area contributed by atoms with Gasteiger partial charge in [0.05, 0.1) is 6.54 Å². The summed E-state index contributed by atoms with van der Waals surface area (Å²) in [5.74, 6) is 1.46. The fraction of sp³-hybridized carbons (Fsp3) is 0.0476.